The molecule has 0 radical (unpaired) electrons. The summed E-state index contributed by atoms with van der Waals surface area (Å²) in [6.45, 7) is 0. The molecule has 0 amide bonds. The third-order valence-electron chi connectivity index (χ3n) is 3.06. The molecule has 0 saturated heterocycles. The molecule has 2 aromatic heterocycles. The van der Waals surface area contributed by atoms with Gasteiger partial charge in [-0.15, -0.1) is 0 Å². The van der Waals surface area contributed by atoms with Crippen molar-refractivity contribution in [2.24, 2.45) is 0 Å². The lowest BCUT2D eigenvalue weighted by atomic mass is 10.0. The average Bonchev–Trinajstić information content (AvgIpc) is 2.72. The van der Waals surface area contributed by atoms with E-state index in [1.807, 2.05) is 6.07 Å². The van der Waals surface area contributed by atoms with Gasteiger partial charge in [0.1, 0.15) is 5.82 Å². The highest BCUT2D eigenvalue weighted by Crippen LogP contribution is 2.35. The van der Waals surface area contributed by atoms with E-state index in [9.17, 15) is 4.39 Å². The maximum absolute atomic E-state index is 13.1. The zero-order valence-electron chi connectivity index (χ0n) is 8.73. The lowest BCUT2D eigenvalue weighted by Gasteiger charge is -2.09. The van der Waals surface area contributed by atoms with Crippen molar-refractivity contribution in [2.75, 3.05) is 0 Å². The molecule has 1 aliphatic carbocycles. The summed E-state index contributed by atoms with van der Waals surface area (Å²) < 4.78 is 13.1. The largest absolute Gasteiger partial charge is 0.260 e. The molecular weight excluding hydrogens is 203 g/mol. The Balaban J connectivity index is 2.05. The van der Waals surface area contributed by atoms with Crippen molar-refractivity contribution >= 4 is 0 Å². The van der Waals surface area contributed by atoms with Crippen molar-refractivity contribution < 1.29 is 4.39 Å². The number of hydrogen-bond donors (Lipinski definition) is 0. The van der Waals surface area contributed by atoms with Gasteiger partial charge in [-0.05, 0) is 36.6 Å². The van der Waals surface area contributed by atoms with Gasteiger partial charge in [0.05, 0.1) is 11.4 Å². The number of rotatable bonds is 1. The minimum atomic E-state index is -0.227. The van der Waals surface area contributed by atoms with E-state index in [0.717, 1.165) is 24.2 Å². The number of fused-ring (bicyclic) bond motifs is 1. The van der Waals surface area contributed by atoms with Gasteiger partial charge >= 0.3 is 0 Å². The molecule has 0 aliphatic heterocycles. The number of pyridine rings is 2. The zero-order chi connectivity index (χ0) is 11.0. The van der Waals surface area contributed by atoms with Gasteiger partial charge in [0.2, 0.25) is 0 Å². The molecule has 3 rings (SSSR count). The average molecular weight is 214 g/mol. The van der Waals surface area contributed by atoms with Crippen LogP contribution < -0.4 is 0 Å². The van der Waals surface area contributed by atoms with Gasteiger partial charge in [0.15, 0.2) is 0 Å². The fraction of sp³-hybridized carbons (Fsp3) is 0.231. The second-order valence-electron chi connectivity index (χ2n) is 4.04. The van der Waals surface area contributed by atoms with E-state index in [1.165, 1.54) is 23.9 Å². The first-order valence-electron chi connectivity index (χ1n) is 5.40. The molecule has 2 heterocycles. The van der Waals surface area contributed by atoms with E-state index in [0.29, 0.717) is 0 Å². The fourth-order valence-corrected chi connectivity index (χ4v) is 2.31. The van der Waals surface area contributed by atoms with Crippen molar-refractivity contribution in [3.8, 4) is 0 Å². The van der Waals surface area contributed by atoms with Crippen LogP contribution >= 0.6 is 0 Å². The number of aryl methyl sites for hydroxylation is 1. The van der Waals surface area contributed by atoms with Gasteiger partial charge < -0.3 is 0 Å². The summed E-state index contributed by atoms with van der Waals surface area (Å²) in [5.41, 5.74) is 3.11. The Morgan fingerprint density at radius 2 is 2.12 bits per heavy atom. The summed E-state index contributed by atoms with van der Waals surface area (Å²) in [4.78, 5) is 8.62. The fourth-order valence-electron chi connectivity index (χ4n) is 2.31. The molecule has 0 aromatic carbocycles. The first-order chi connectivity index (χ1) is 7.84. The lowest BCUT2D eigenvalue weighted by molar-refractivity contribution is 0.616. The first kappa shape index (κ1) is 9.46. The Hall–Kier alpha value is -1.77. The summed E-state index contributed by atoms with van der Waals surface area (Å²) in [5.74, 6) is -0.0683. The standard InChI is InChI=1S/C13H11FN2/c14-10-5-7-15-12(8-10)11-4-3-9-2-1-6-16-13(9)11/h1-2,5-8,11H,3-4H2. The highest BCUT2D eigenvalue weighted by atomic mass is 19.1. The Labute approximate surface area is 93.2 Å². The molecule has 0 fully saturated rings. The SMILES string of the molecule is Fc1ccnc(C2CCc3cccnc32)c1. The molecule has 3 heteroatoms. The van der Waals surface area contributed by atoms with Gasteiger partial charge in [-0.3, -0.25) is 9.97 Å². The topological polar surface area (TPSA) is 25.8 Å². The summed E-state index contributed by atoms with van der Waals surface area (Å²) in [6.07, 6.45) is 5.29. The van der Waals surface area contributed by atoms with Crippen LogP contribution in [0.25, 0.3) is 0 Å². The van der Waals surface area contributed by atoms with Crippen molar-refractivity contribution in [1.82, 2.24) is 9.97 Å². The smallest absolute Gasteiger partial charge is 0.126 e. The maximum Gasteiger partial charge on any atom is 0.126 e. The van der Waals surface area contributed by atoms with Crippen LogP contribution in [0.2, 0.25) is 0 Å². The molecule has 80 valence electrons. The van der Waals surface area contributed by atoms with E-state index in [2.05, 4.69) is 16.0 Å². The van der Waals surface area contributed by atoms with Crippen molar-refractivity contribution in [3.63, 3.8) is 0 Å². The van der Waals surface area contributed by atoms with Gasteiger partial charge in [0.25, 0.3) is 0 Å². The minimum Gasteiger partial charge on any atom is -0.260 e. The molecule has 0 bridgehead atoms. The highest BCUT2D eigenvalue weighted by Gasteiger charge is 2.26. The van der Waals surface area contributed by atoms with Gasteiger partial charge in [-0.25, -0.2) is 4.39 Å². The molecule has 0 N–H and O–H groups in total. The summed E-state index contributed by atoms with van der Waals surface area (Å²) in [5, 5.41) is 0. The van der Waals surface area contributed by atoms with E-state index in [1.54, 1.807) is 6.20 Å². The molecule has 2 aromatic rings. The maximum atomic E-state index is 13.1. The Bertz CT molecular complexity index is 525. The Morgan fingerprint density at radius 1 is 1.19 bits per heavy atom. The summed E-state index contributed by atoms with van der Waals surface area (Å²) in [6, 6.07) is 6.91. The summed E-state index contributed by atoms with van der Waals surface area (Å²) in [7, 11) is 0. The zero-order valence-corrected chi connectivity index (χ0v) is 8.73. The summed E-state index contributed by atoms with van der Waals surface area (Å²) >= 11 is 0. The number of nitrogens with zero attached hydrogens (tertiary/aromatic N) is 2. The predicted molar refractivity (Wildman–Crippen MR) is 58.6 cm³/mol. The number of aromatic nitrogens is 2. The van der Waals surface area contributed by atoms with Gasteiger partial charge in [-0.1, -0.05) is 6.07 Å². The van der Waals surface area contributed by atoms with Gasteiger partial charge in [-0.2, -0.15) is 0 Å². The number of hydrogen-bond acceptors (Lipinski definition) is 2. The molecule has 1 unspecified atom stereocenters. The molecule has 0 saturated carbocycles. The molecule has 0 spiro atoms. The van der Waals surface area contributed by atoms with Crippen LogP contribution in [0.3, 0.4) is 0 Å². The van der Waals surface area contributed by atoms with Crippen molar-refractivity contribution in [1.29, 1.82) is 0 Å². The van der Waals surface area contributed by atoms with E-state index in [4.69, 9.17) is 0 Å². The normalized spacial score (nSPS) is 18.4. The van der Waals surface area contributed by atoms with E-state index < -0.39 is 0 Å². The first-order valence-corrected chi connectivity index (χ1v) is 5.40. The van der Waals surface area contributed by atoms with Crippen LogP contribution in [-0.4, -0.2) is 9.97 Å². The van der Waals surface area contributed by atoms with Crippen LogP contribution in [0.5, 0.6) is 0 Å². The van der Waals surface area contributed by atoms with Crippen molar-refractivity contribution in [3.05, 3.63) is 59.4 Å². The molecule has 16 heavy (non-hydrogen) atoms. The van der Waals surface area contributed by atoms with E-state index >= 15 is 0 Å². The van der Waals surface area contributed by atoms with E-state index in [-0.39, 0.29) is 11.7 Å². The Kier molecular flexibility index (Phi) is 2.17. The second kappa shape index (κ2) is 3.67. The van der Waals surface area contributed by atoms with Crippen LogP contribution in [0.15, 0.2) is 36.7 Å². The van der Waals surface area contributed by atoms with Crippen LogP contribution in [0, 0.1) is 5.82 Å². The van der Waals surface area contributed by atoms with Crippen molar-refractivity contribution in [2.45, 2.75) is 18.8 Å². The third-order valence-corrected chi connectivity index (χ3v) is 3.06. The molecule has 2 nitrogen and oxygen atoms in total. The van der Waals surface area contributed by atoms with Crippen LogP contribution in [-0.2, 0) is 6.42 Å². The van der Waals surface area contributed by atoms with Gasteiger partial charge in [0, 0.05) is 18.3 Å². The molecule has 1 aliphatic rings. The third kappa shape index (κ3) is 1.48. The van der Waals surface area contributed by atoms with Crippen LogP contribution in [0.1, 0.15) is 29.3 Å². The second-order valence-corrected chi connectivity index (χ2v) is 4.04. The highest BCUT2D eigenvalue weighted by molar-refractivity contribution is 5.34. The quantitative estimate of drug-likeness (QED) is 0.729. The molecule has 1 atom stereocenters. The lowest BCUT2D eigenvalue weighted by Crippen LogP contribution is -2.01. The van der Waals surface area contributed by atoms with Crippen LogP contribution in [0.4, 0.5) is 4.39 Å². The monoisotopic (exact) mass is 214 g/mol. The Morgan fingerprint density at radius 3 is 3.00 bits per heavy atom. The number of halogens is 1. The predicted octanol–water partition coefficient (Wildman–Crippen LogP) is 2.69. The minimum absolute atomic E-state index is 0.159. The molecular formula is C13H11FN2.